The van der Waals surface area contributed by atoms with E-state index in [2.05, 4.69) is 11.9 Å². The van der Waals surface area contributed by atoms with Crippen LogP contribution in [-0.2, 0) is 0 Å². The molecule has 4 heteroatoms. The van der Waals surface area contributed by atoms with Crippen molar-refractivity contribution >= 4 is 11.6 Å². The number of aromatic nitrogens is 1. The van der Waals surface area contributed by atoms with Crippen LogP contribution in [0.5, 0.6) is 0 Å². The largest absolute Gasteiger partial charge is 0.398 e. The second-order valence-electron chi connectivity index (χ2n) is 4.62. The van der Waals surface area contributed by atoms with E-state index < -0.39 is 0 Å². The number of amides is 1. The molecule has 1 heterocycles. The number of hydrogen-bond acceptors (Lipinski definition) is 3. The molecule has 2 rings (SSSR count). The first-order chi connectivity index (χ1) is 7.59. The normalized spacial score (nSPS) is 22.9. The molecule has 1 amide bonds. The Kier molecular flexibility index (Phi) is 2.81. The first kappa shape index (κ1) is 10.9. The standard InChI is InChI=1S/C12H17N3O/c1-8-5-9(8)7-15(2)12(16)10-6-14-4-3-11(10)13/h3-4,6,8-9H,5,7H2,1-2H3,(H2,13,14). The van der Waals surface area contributed by atoms with Crippen LogP contribution in [-0.4, -0.2) is 29.4 Å². The molecule has 0 aromatic carbocycles. The van der Waals surface area contributed by atoms with Gasteiger partial charge < -0.3 is 10.6 Å². The number of rotatable bonds is 3. The SMILES string of the molecule is CC1CC1CN(C)C(=O)c1cnccc1N. The van der Waals surface area contributed by atoms with E-state index in [4.69, 9.17) is 5.73 Å². The third kappa shape index (κ3) is 2.15. The quantitative estimate of drug-likeness (QED) is 0.835. The lowest BCUT2D eigenvalue weighted by molar-refractivity contribution is 0.0787. The molecule has 0 saturated heterocycles. The summed E-state index contributed by atoms with van der Waals surface area (Å²) in [4.78, 5) is 17.7. The van der Waals surface area contributed by atoms with E-state index in [0.717, 1.165) is 12.5 Å². The van der Waals surface area contributed by atoms with Gasteiger partial charge in [-0.25, -0.2) is 0 Å². The van der Waals surface area contributed by atoms with Gasteiger partial charge in [0, 0.05) is 31.7 Å². The number of hydrogen-bond donors (Lipinski definition) is 1. The molecule has 2 atom stereocenters. The van der Waals surface area contributed by atoms with Gasteiger partial charge in [-0.1, -0.05) is 6.92 Å². The molecule has 0 bridgehead atoms. The van der Waals surface area contributed by atoms with Crippen molar-refractivity contribution < 1.29 is 4.79 Å². The van der Waals surface area contributed by atoms with Crippen molar-refractivity contribution in [3.63, 3.8) is 0 Å². The molecule has 16 heavy (non-hydrogen) atoms. The maximum atomic E-state index is 12.0. The zero-order valence-corrected chi connectivity index (χ0v) is 9.68. The summed E-state index contributed by atoms with van der Waals surface area (Å²) in [5, 5.41) is 0. The van der Waals surface area contributed by atoms with Gasteiger partial charge in [0.15, 0.2) is 0 Å². The lowest BCUT2D eigenvalue weighted by atomic mass is 10.2. The van der Waals surface area contributed by atoms with E-state index >= 15 is 0 Å². The second-order valence-corrected chi connectivity index (χ2v) is 4.62. The number of carbonyl (C=O) groups excluding carboxylic acids is 1. The van der Waals surface area contributed by atoms with Gasteiger partial charge in [0.2, 0.25) is 0 Å². The first-order valence-electron chi connectivity index (χ1n) is 5.54. The highest BCUT2D eigenvalue weighted by atomic mass is 16.2. The van der Waals surface area contributed by atoms with Crippen molar-refractivity contribution in [1.29, 1.82) is 0 Å². The maximum absolute atomic E-state index is 12.0. The number of carbonyl (C=O) groups is 1. The van der Waals surface area contributed by atoms with Gasteiger partial charge >= 0.3 is 0 Å². The number of pyridine rings is 1. The zero-order chi connectivity index (χ0) is 11.7. The smallest absolute Gasteiger partial charge is 0.257 e. The van der Waals surface area contributed by atoms with E-state index in [1.807, 2.05) is 7.05 Å². The Hall–Kier alpha value is -1.58. The Labute approximate surface area is 95.5 Å². The van der Waals surface area contributed by atoms with Crippen LogP contribution in [0, 0.1) is 11.8 Å². The van der Waals surface area contributed by atoms with Crippen molar-refractivity contribution in [1.82, 2.24) is 9.88 Å². The fraction of sp³-hybridized carbons (Fsp3) is 0.500. The fourth-order valence-electron chi connectivity index (χ4n) is 1.88. The summed E-state index contributed by atoms with van der Waals surface area (Å²) in [7, 11) is 1.82. The average Bonchev–Trinajstić information content (AvgIpc) is 2.94. The minimum absolute atomic E-state index is 0.0373. The van der Waals surface area contributed by atoms with Crippen LogP contribution in [0.3, 0.4) is 0 Å². The van der Waals surface area contributed by atoms with Crippen molar-refractivity contribution in [2.75, 3.05) is 19.3 Å². The van der Waals surface area contributed by atoms with Gasteiger partial charge in [-0.15, -0.1) is 0 Å². The molecule has 1 saturated carbocycles. The highest BCUT2D eigenvalue weighted by molar-refractivity contribution is 5.98. The minimum Gasteiger partial charge on any atom is -0.398 e. The number of nitrogen functional groups attached to an aromatic ring is 1. The molecule has 0 aliphatic heterocycles. The van der Waals surface area contributed by atoms with Crippen LogP contribution < -0.4 is 5.73 Å². The summed E-state index contributed by atoms with van der Waals surface area (Å²) in [6.07, 6.45) is 4.35. The monoisotopic (exact) mass is 219 g/mol. The van der Waals surface area contributed by atoms with Crippen LogP contribution in [0.1, 0.15) is 23.7 Å². The molecular formula is C12H17N3O. The Morgan fingerprint density at radius 2 is 2.38 bits per heavy atom. The van der Waals surface area contributed by atoms with Crippen LogP contribution in [0.15, 0.2) is 18.5 Å². The van der Waals surface area contributed by atoms with Crippen molar-refractivity contribution in [2.24, 2.45) is 11.8 Å². The molecular weight excluding hydrogens is 202 g/mol. The van der Waals surface area contributed by atoms with Crippen molar-refractivity contribution in [3.05, 3.63) is 24.0 Å². The molecule has 1 aliphatic rings. The van der Waals surface area contributed by atoms with Crippen LogP contribution >= 0.6 is 0 Å². The molecule has 2 unspecified atom stereocenters. The topological polar surface area (TPSA) is 59.2 Å². The summed E-state index contributed by atoms with van der Waals surface area (Å²) in [5.41, 5.74) is 6.74. The number of anilines is 1. The van der Waals surface area contributed by atoms with Crippen LogP contribution in [0.2, 0.25) is 0 Å². The fourth-order valence-corrected chi connectivity index (χ4v) is 1.88. The number of nitrogens with zero attached hydrogens (tertiary/aromatic N) is 2. The summed E-state index contributed by atoms with van der Waals surface area (Å²) in [5.74, 6) is 1.37. The van der Waals surface area contributed by atoms with E-state index in [9.17, 15) is 4.79 Å². The lowest BCUT2D eigenvalue weighted by Crippen LogP contribution is -2.29. The van der Waals surface area contributed by atoms with E-state index in [1.165, 1.54) is 12.6 Å². The third-order valence-corrected chi connectivity index (χ3v) is 3.22. The maximum Gasteiger partial charge on any atom is 0.257 e. The molecule has 2 N–H and O–H groups in total. The summed E-state index contributed by atoms with van der Waals surface area (Å²) in [6.45, 7) is 3.02. The second kappa shape index (κ2) is 4.12. The molecule has 1 aromatic rings. The number of nitrogens with two attached hydrogens (primary N) is 1. The van der Waals surface area contributed by atoms with E-state index in [1.54, 1.807) is 17.2 Å². The molecule has 0 radical (unpaired) electrons. The summed E-state index contributed by atoms with van der Waals surface area (Å²) < 4.78 is 0. The highest BCUT2D eigenvalue weighted by Crippen LogP contribution is 2.38. The molecule has 1 fully saturated rings. The Bertz CT molecular complexity index is 405. The van der Waals surface area contributed by atoms with Gasteiger partial charge in [0.1, 0.15) is 0 Å². The molecule has 4 nitrogen and oxygen atoms in total. The van der Waals surface area contributed by atoms with Gasteiger partial charge in [0.25, 0.3) is 5.91 Å². The Balaban J connectivity index is 2.04. The van der Waals surface area contributed by atoms with Gasteiger partial charge in [-0.3, -0.25) is 9.78 Å². The van der Waals surface area contributed by atoms with Gasteiger partial charge in [-0.2, -0.15) is 0 Å². The predicted octanol–water partition coefficient (Wildman–Crippen LogP) is 1.39. The zero-order valence-electron chi connectivity index (χ0n) is 9.68. The van der Waals surface area contributed by atoms with Crippen molar-refractivity contribution in [2.45, 2.75) is 13.3 Å². The molecule has 1 aromatic heterocycles. The third-order valence-electron chi connectivity index (χ3n) is 3.22. The molecule has 86 valence electrons. The average molecular weight is 219 g/mol. The van der Waals surface area contributed by atoms with Gasteiger partial charge in [-0.05, 0) is 24.3 Å². The van der Waals surface area contributed by atoms with Crippen LogP contribution in [0.25, 0.3) is 0 Å². The highest BCUT2D eigenvalue weighted by Gasteiger charge is 2.34. The lowest BCUT2D eigenvalue weighted by Gasteiger charge is -2.17. The summed E-state index contributed by atoms with van der Waals surface area (Å²) >= 11 is 0. The van der Waals surface area contributed by atoms with E-state index in [0.29, 0.717) is 17.2 Å². The van der Waals surface area contributed by atoms with Crippen LogP contribution in [0.4, 0.5) is 5.69 Å². The minimum atomic E-state index is -0.0373. The Morgan fingerprint density at radius 3 is 2.94 bits per heavy atom. The Morgan fingerprint density at radius 1 is 1.69 bits per heavy atom. The van der Waals surface area contributed by atoms with Crippen molar-refractivity contribution in [3.8, 4) is 0 Å². The molecule has 0 spiro atoms. The summed E-state index contributed by atoms with van der Waals surface area (Å²) in [6, 6.07) is 1.65. The van der Waals surface area contributed by atoms with Gasteiger partial charge in [0.05, 0.1) is 5.56 Å². The van der Waals surface area contributed by atoms with E-state index in [-0.39, 0.29) is 5.91 Å². The first-order valence-corrected chi connectivity index (χ1v) is 5.54. The predicted molar refractivity (Wildman–Crippen MR) is 62.9 cm³/mol. The molecule has 1 aliphatic carbocycles.